The zero-order valence-electron chi connectivity index (χ0n) is 15.7. The van der Waals surface area contributed by atoms with E-state index in [4.69, 9.17) is 4.84 Å². The number of aromatic nitrogens is 2. The van der Waals surface area contributed by atoms with Crippen LogP contribution in [-0.4, -0.2) is 27.2 Å². The molecule has 2 amide bonds. The normalized spacial score (nSPS) is 14.8. The van der Waals surface area contributed by atoms with Crippen LogP contribution in [0.4, 0.5) is 33.9 Å². The number of hydrogen-bond acceptors (Lipinski definition) is 7. The highest BCUT2D eigenvalue weighted by Crippen LogP contribution is 2.30. The summed E-state index contributed by atoms with van der Waals surface area (Å²) in [7, 11) is 1.24. The molecule has 14 heteroatoms. The molecule has 0 fully saturated rings. The Kier molecular flexibility index (Phi) is 4.88. The Morgan fingerprint density at radius 2 is 2.03 bits per heavy atom. The average Bonchev–Trinajstić information content (AvgIpc) is 3.31. The first-order chi connectivity index (χ1) is 14.7. The number of fused-ring (bicyclic) bond motifs is 1. The zero-order valence-corrected chi connectivity index (χ0v) is 15.7. The molecule has 1 aromatic heterocycles. The summed E-state index contributed by atoms with van der Waals surface area (Å²) in [4.78, 5) is 21.5. The van der Waals surface area contributed by atoms with E-state index in [2.05, 4.69) is 31.6 Å². The SMILES string of the molecule is Cn1nc(C(F)(F)F)cc1NC(=O)Nc1ccc(ON2C=NC=C3NNC=C32)c(F)c1. The number of anilines is 2. The van der Waals surface area contributed by atoms with Gasteiger partial charge in [0.15, 0.2) is 17.3 Å². The fraction of sp³-hybridized carbons (Fsp3) is 0.118. The second-order valence-electron chi connectivity index (χ2n) is 6.28. The third-order valence-corrected chi connectivity index (χ3v) is 4.10. The van der Waals surface area contributed by atoms with Gasteiger partial charge in [-0.05, 0) is 12.1 Å². The second kappa shape index (κ2) is 7.55. The van der Waals surface area contributed by atoms with Gasteiger partial charge in [0, 0.05) is 31.1 Å². The number of hydrazine groups is 1. The van der Waals surface area contributed by atoms with Crippen LogP contribution < -0.4 is 26.3 Å². The quantitative estimate of drug-likeness (QED) is 0.547. The van der Waals surface area contributed by atoms with Gasteiger partial charge in [-0.15, -0.1) is 0 Å². The van der Waals surface area contributed by atoms with E-state index in [-0.39, 0.29) is 17.3 Å². The average molecular weight is 438 g/mol. The summed E-state index contributed by atoms with van der Waals surface area (Å²) < 4.78 is 53.4. The minimum Gasteiger partial charge on any atom is -0.371 e. The lowest BCUT2D eigenvalue weighted by Gasteiger charge is -2.23. The topological polar surface area (TPSA) is 108 Å². The van der Waals surface area contributed by atoms with Gasteiger partial charge in [-0.2, -0.15) is 23.3 Å². The number of hydrogen-bond donors (Lipinski definition) is 4. The van der Waals surface area contributed by atoms with Crippen LogP contribution in [0.2, 0.25) is 0 Å². The molecule has 2 aliphatic heterocycles. The Labute approximate surface area is 171 Å². The molecule has 4 N–H and O–H groups in total. The molecule has 0 saturated heterocycles. The molecule has 0 saturated carbocycles. The van der Waals surface area contributed by atoms with Crippen molar-refractivity contribution < 1.29 is 27.2 Å². The summed E-state index contributed by atoms with van der Waals surface area (Å²) in [5.41, 5.74) is 5.68. The molecule has 162 valence electrons. The van der Waals surface area contributed by atoms with E-state index in [9.17, 15) is 22.4 Å². The van der Waals surface area contributed by atoms with E-state index in [0.717, 1.165) is 10.7 Å². The molecule has 3 heterocycles. The largest absolute Gasteiger partial charge is 0.435 e. The van der Waals surface area contributed by atoms with Gasteiger partial charge in [-0.25, -0.2) is 14.2 Å². The summed E-state index contributed by atoms with van der Waals surface area (Å²) in [6.45, 7) is 0. The van der Waals surface area contributed by atoms with Crippen molar-refractivity contribution >= 4 is 23.9 Å². The standard InChI is InChI=1S/C17H14F4N8O2/c1-28-15(5-14(27-28)17(19,20)21)25-16(30)24-9-2-3-13(10(18)4-9)31-29-8-22-6-11-12(29)7-23-26-11/h2-8,23,26H,1H3,(H2,24,25,30). The lowest BCUT2D eigenvalue weighted by atomic mass is 10.3. The van der Waals surface area contributed by atoms with E-state index in [1.807, 2.05) is 0 Å². The van der Waals surface area contributed by atoms with Crippen molar-refractivity contribution in [3.8, 4) is 5.75 Å². The first-order valence-electron chi connectivity index (χ1n) is 8.62. The van der Waals surface area contributed by atoms with Crippen LogP contribution in [0.15, 0.2) is 53.1 Å². The van der Waals surface area contributed by atoms with E-state index >= 15 is 0 Å². The van der Waals surface area contributed by atoms with Gasteiger partial charge in [-0.1, -0.05) is 0 Å². The minimum atomic E-state index is -4.65. The van der Waals surface area contributed by atoms with Crippen molar-refractivity contribution in [2.75, 3.05) is 10.6 Å². The number of halogens is 4. The van der Waals surface area contributed by atoms with Crippen molar-refractivity contribution in [3.05, 3.63) is 59.6 Å². The molecule has 0 radical (unpaired) electrons. The highest BCUT2D eigenvalue weighted by atomic mass is 19.4. The fourth-order valence-corrected chi connectivity index (χ4v) is 2.67. The molecule has 2 aromatic rings. The van der Waals surface area contributed by atoms with Crippen LogP contribution >= 0.6 is 0 Å². The number of carbonyl (C=O) groups excluding carboxylic acids is 1. The van der Waals surface area contributed by atoms with Gasteiger partial charge in [0.2, 0.25) is 0 Å². The van der Waals surface area contributed by atoms with Crippen LogP contribution in [0.1, 0.15) is 5.69 Å². The number of aryl methyl sites for hydroxylation is 1. The van der Waals surface area contributed by atoms with Gasteiger partial charge in [0.1, 0.15) is 23.6 Å². The van der Waals surface area contributed by atoms with E-state index in [1.54, 1.807) is 12.4 Å². The van der Waals surface area contributed by atoms with Crippen molar-refractivity contribution in [3.63, 3.8) is 0 Å². The number of nitrogens with zero attached hydrogens (tertiary/aromatic N) is 4. The number of aliphatic imine (C=N–C) groups is 1. The van der Waals surface area contributed by atoms with Crippen molar-refractivity contribution in [1.29, 1.82) is 0 Å². The first-order valence-corrected chi connectivity index (χ1v) is 8.62. The maximum atomic E-state index is 14.5. The van der Waals surface area contributed by atoms with Crippen LogP contribution in [-0.2, 0) is 13.2 Å². The summed E-state index contributed by atoms with van der Waals surface area (Å²) in [5.74, 6) is -1.12. The molecule has 0 bridgehead atoms. The molecular formula is C17H14F4N8O2. The molecule has 31 heavy (non-hydrogen) atoms. The lowest BCUT2D eigenvalue weighted by molar-refractivity contribution is -0.141. The Balaban J connectivity index is 1.41. The number of hydroxylamine groups is 2. The molecule has 1 aromatic carbocycles. The fourth-order valence-electron chi connectivity index (χ4n) is 2.67. The number of nitrogens with one attached hydrogen (secondary N) is 4. The lowest BCUT2D eigenvalue weighted by Crippen LogP contribution is -2.30. The highest BCUT2D eigenvalue weighted by molar-refractivity contribution is 5.99. The van der Waals surface area contributed by atoms with Crippen molar-refractivity contribution in [2.45, 2.75) is 6.18 Å². The molecule has 2 aliphatic rings. The van der Waals surface area contributed by atoms with Crippen molar-refractivity contribution in [1.82, 2.24) is 25.7 Å². The number of benzene rings is 1. The predicted molar refractivity (Wildman–Crippen MR) is 101 cm³/mol. The maximum Gasteiger partial charge on any atom is 0.435 e. The zero-order chi connectivity index (χ0) is 22.2. The molecule has 0 spiro atoms. The molecule has 0 atom stereocenters. The Morgan fingerprint density at radius 1 is 1.23 bits per heavy atom. The second-order valence-corrected chi connectivity index (χ2v) is 6.28. The van der Waals surface area contributed by atoms with Gasteiger partial charge >= 0.3 is 12.2 Å². The number of rotatable bonds is 4. The third kappa shape index (κ3) is 4.22. The van der Waals surface area contributed by atoms with Crippen LogP contribution in [0.5, 0.6) is 5.75 Å². The molecule has 4 rings (SSSR count). The van der Waals surface area contributed by atoms with Crippen LogP contribution in [0.25, 0.3) is 0 Å². The summed E-state index contributed by atoms with van der Waals surface area (Å²) in [6.07, 6.45) is -0.166. The monoisotopic (exact) mass is 438 g/mol. The van der Waals surface area contributed by atoms with Crippen LogP contribution in [0, 0.1) is 5.82 Å². The van der Waals surface area contributed by atoms with E-state index in [1.165, 1.54) is 30.6 Å². The number of amides is 2. The number of alkyl halides is 3. The summed E-state index contributed by atoms with van der Waals surface area (Å²) >= 11 is 0. The Morgan fingerprint density at radius 3 is 2.74 bits per heavy atom. The van der Waals surface area contributed by atoms with Gasteiger partial charge < -0.3 is 15.6 Å². The first kappa shape index (κ1) is 20.1. The van der Waals surface area contributed by atoms with Gasteiger partial charge in [-0.3, -0.25) is 15.4 Å². The highest BCUT2D eigenvalue weighted by Gasteiger charge is 2.34. The summed E-state index contributed by atoms with van der Waals surface area (Å²) in [5, 5.41) is 9.07. The summed E-state index contributed by atoms with van der Waals surface area (Å²) in [6, 6.07) is 3.44. The van der Waals surface area contributed by atoms with E-state index < -0.39 is 23.7 Å². The van der Waals surface area contributed by atoms with Crippen molar-refractivity contribution in [2.24, 2.45) is 12.0 Å². The van der Waals surface area contributed by atoms with Gasteiger partial charge in [0.25, 0.3) is 0 Å². The third-order valence-electron chi connectivity index (χ3n) is 4.10. The minimum absolute atomic E-state index is 0.0527. The van der Waals surface area contributed by atoms with Crippen LogP contribution in [0.3, 0.4) is 0 Å². The Hall–Kier alpha value is -4.23. The number of carbonyl (C=O) groups is 1. The molecule has 0 aliphatic carbocycles. The van der Waals surface area contributed by atoms with E-state index in [0.29, 0.717) is 17.5 Å². The number of urea groups is 1. The smallest absolute Gasteiger partial charge is 0.371 e. The predicted octanol–water partition coefficient (Wildman–Crippen LogP) is 2.65. The Bertz CT molecular complexity index is 1120. The molecule has 0 unspecified atom stereocenters. The van der Waals surface area contributed by atoms with Gasteiger partial charge in [0.05, 0.1) is 6.20 Å². The molecular weight excluding hydrogens is 424 g/mol. The molecule has 10 nitrogen and oxygen atoms in total. The maximum absolute atomic E-state index is 14.5.